The summed E-state index contributed by atoms with van der Waals surface area (Å²) in [7, 11) is -1.03. The fraction of sp³-hybridized carbons (Fsp3) is 1.00. The Morgan fingerprint density at radius 2 is 2.15 bits per heavy atom. The molecule has 13 heavy (non-hydrogen) atoms. The number of hydrogen-bond donors (Lipinski definition) is 1. The van der Waals surface area contributed by atoms with Crippen molar-refractivity contribution >= 4 is 7.32 Å². The van der Waals surface area contributed by atoms with Crippen molar-refractivity contribution in [2.45, 2.75) is 40.2 Å². The summed E-state index contributed by atoms with van der Waals surface area (Å²) in [5, 5.41) is 9.18. The molecule has 1 aliphatic rings. The Balaban J connectivity index is 2.56. The highest BCUT2D eigenvalue weighted by atomic mass is 16.7. The second kappa shape index (κ2) is 3.99. The summed E-state index contributed by atoms with van der Waals surface area (Å²) < 4.78 is 10.4. The lowest BCUT2D eigenvalue weighted by Crippen LogP contribution is -2.48. The third-order valence-electron chi connectivity index (χ3n) is 2.44. The Morgan fingerprint density at radius 3 is 2.69 bits per heavy atom. The molecule has 1 N–H and O–H groups in total. The van der Waals surface area contributed by atoms with Crippen molar-refractivity contribution in [2.75, 3.05) is 6.61 Å². The van der Waals surface area contributed by atoms with Gasteiger partial charge in [0.2, 0.25) is 0 Å². The molecule has 0 bridgehead atoms. The second-order valence-corrected chi connectivity index (χ2v) is 4.86. The minimum Gasteiger partial charge on any atom is -0.402 e. The molecule has 1 rings (SSSR count). The molecule has 4 heteroatoms. The van der Waals surface area contributed by atoms with E-state index >= 15 is 0 Å². The maximum atomic E-state index is 9.18. The zero-order chi connectivity index (χ0) is 10.1. The fourth-order valence-electron chi connectivity index (χ4n) is 1.55. The van der Waals surface area contributed by atoms with Crippen LogP contribution < -0.4 is 0 Å². The van der Waals surface area contributed by atoms with E-state index in [0.717, 1.165) is 6.42 Å². The van der Waals surface area contributed by atoms with Crippen molar-refractivity contribution in [3.8, 4) is 0 Å². The standard InChI is InChI=1S/C9H19BO3/c1-7(2)5-8-9(3,4)6-12-10(11)13-8/h7-8,11H,5-6H2,1-4H3. The number of hydrogen-bond acceptors (Lipinski definition) is 3. The van der Waals surface area contributed by atoms with Crippen LogP contribution in [-0.4, -0.2) is 25.1 Å². The summed E-state index contributed by atoms with van der Waals surface area (Å²) in [5.74, 6) is 0.578. The molecular weight excluding hydrogens is 167 g/mol. The molecule has 0 aromatic rings. The normalized spacial score (nSPS) is 28.2. The Labute approximate surface area is 80.6 Å². The summed E-state index contributed by atoms with van der Waals surface area (Å²) in [5.41, 5.74) is 0.00347. The van der Waals surface area contributed by atoms with Crippen molar-refractivity contribution in [1.82, 2.24) is 0 Å². The molecule has 0 radical (unpaired) electrons. The van der Waals surface area contributed by atoms with Crippen molar-refractivity contribution in [1.29, 1.82) is 0 Å². The summed E-state index contributed by atoms with van der Waals surface area (Å²) >= 11 is 0. The van der Waals surface area contributed by atoms with Gasteiger partial charge in [-0.3, -0.25) is 0 Å². The van der Waals surface area contributed by atoms with Gasteiger partial charge in [-0.15, -0.1) is 0 Å². The lowest BCUT2D eigenvalue weighted by atomic mass is 9.80. The molecule has 1 aliphatic heterocycles. The van der Waals surface area contributed by atoms with Gasteiger partial charge in [0.15, 0.2) is 0 Å². The van der Waals surface area contributed by atoms with E-state index in [2.05, 4.69) is 27.7 Å². The van der Waals surface area contributed by atoms with Crippen LogP contribution in [0.15, 0.2) is 0 Å². The van der Waals surface area contributed by atoms with Gasteiger partial charge in [-0.25, -0.2) is 0 Å². The molecule has 0 amide bonds. The van der Waals surface area contributed by atoms with E-state index in [9.17, 15) is 5.02 Å². The van der Waals surface area contributed by atoms with E-state index in [0.29, 0.717) is 12.5 Å². The van der Waals surface area contributed by atoms with Crippen LogP contribution in [0.1, 0.15) is 34.1 Å². The van der Waals surface area contributed by atoms with E-state index in [1.54, 1.807) is 0 Å². The Kier molecular flexibility index (Phi) is 3.38. The average Bonchev–Trinajstić information content (AvgIpc) is 1.97. The zero-order valence-electron chi connectivity index (χ0n) is 8.91. The lowest BCUT2D eigenvalue weighted by Gasteiger charge is -2.40. The minimum absolute atomic E-state index is 0.00347. The molecule has 1 fully saturated rings. The first-order valence-corrected chi connectivity index (χ1v) is 4.87. The van der Waals surface area contributed by atoms with Crippen LogP contribution >= 0.6 is 0 Å². The van der Waals surface area contributed by atoms with Gasteiger partial charge in [-0.05, 0) is 12.3 Å². The minimum atomic E-state index is -1.03. The molecule has 1 atom stereocenters. The third kappa shape index (κ3) is 2.97. The average molecular weight is 186 g/mol. The van der Waals surface area contributed by atoms with Crippen LogP contribution in [0.3, 0.4) is 0 Å². The first-order valence-electron chi connectivity index (χ1n) is 4.87. The molecule has 1 unspecified atom stereocenters. The Morgan fingerprint density at radius 1 is 1.54 bits per heavy atom. The van der Waals surface area contributed by atoms with Crippen LogP contribution in [0.2, 0.25) is 0 Å². The molecule has 1 saturated heterocycles. The van der Waals surface area contributed by atoms with Crippen LogP contribution in [0, 0.1) is 11.3 Å². The Bertz CT molecular complexity index is 168. The smallest absolute Gasteiger partial charge is 0.402 e. The van der Waals surface area contributed by atoms with Crippen molar-refractivity contribution in [3.63, 3.8) is 0 Å². The second-order valence-electron chi connectivity index (χ2n) is 4.86. The van der Waals surface area contributed by atoms with Gasteiger partial charge >= 0.3 is 7.32 Å². The molecular formula is C9H19BO3. The van der Waals surface area contributed by atoms with Crippen LogP contribution in [-0.2, 0) is 9.31 Å². The van der Waals surface area contributed by atoms with Gasteiger partial charge in [-0.1, -0.05) is 27.7 Å². The van der Waals surface area contributed by atoms with Gasteiger partial charge in [0, 0.05) is 12.0 Å². The maximum absolute atomic E-state index is 9.18. The monoisotopic (exact) mass is 186 g/mol. The molecule has 0 spiro atoms. The van der Waals surface area contributed by atoms with E-state index in [1.165, 1.54) is 0 Å². The highest BCUT2D eigenvalue weighted by Gasteiger charge is 2.40. The first-order chi connectivity index (χ1) is 5.92. The fourth-order valence-corrected chi connectivity index (χ4v) is 1.55. The summed E-state index contributed by atoms with van der Waals surface area (Å²) in [4.78, 5) is 0. The largest absolute Gasteiger partial charge is 0.636 e. The highest BCUT2D eigenvalue weighted by molar-refractivity contribution is 6.34. The van der Waals surface area contributed by atoms with Gasteiger partial charge in [0.1, 0.15) is 0 Å². The number of rotatable bonds is 2. The van der Waals surface area contributed by atoms with Gasteiger partial charge < -0.3 is 14.3 Å². The third-order valence-corrected chi connectivity index (χ3v) is 2.44. The topological polar surface area (TPSA) is 38.7 Å². The molecule has 0 aromatic heterocycles. The molecule has 3 nitrogen and oxygen atoms in total. The van der Waals surface area contributed by atoms with E-state index in [4.69, 9.17) is 9.31 Å². The molecule has 76 valence electrons. The quantitative estimate of drug-likeness (QED) is 0.663. The summed E-state index contributed by atoms with van der Waals surface area (Å²) in [6, 6.07) is 0. The van der Waals surface area contributed by atoms with E-state index in [-0.39, 0.29) is 11.5 Å². The van der Waals surface area contributed by atoms with Gasteiger partial charge in [-0.2, -0.15) is 0 Å². The molecule has 0 saturated carbocycles. The van der Waals surface area contributed by atoms with Crippen LogP contribution in [0.25, 0.3) is 0 Å². The van der Waals surface area contributed by atoms with Crippen LogP contribution in [0.4, 0.5) is 0 Å². The SMILES string of the molecule is CC(C)CC1OB(O)OCC1(C)C. The molecule has 0 aliphatic carbocycles. The van der Waals surface area contributed by atoms with Crippen molar-refractivity contribution in [3.05, 3.63) is 0 Å². The molecule has 1 heterocycles. The maximum Gasteiger partial charge on any atom is 0.636 e. The predicted octanol–water partition coefficient (Wildman–Crippen LogP) is 1.45. The van der Waals surface area contributed by atoms with E-state index < -0.39 is 7.32 Å². The van der Waals surface area contributed by atoms with Crippen LogP contribution in [0.5, 0.6) is 0 Å². The summed E-state index contributed by atoms with van der Waals surface area (Å²) in [6.07, 6.45) is 1.06. The summed E-state index contributed by atoms with van der Waals surface area (Å²) in [6.45, 7) is 9.08. The van der Waals surface area contributed by atoms with Gasteiger partial charge in [0.25, 0.3) is 0 Å². The highest BCUT2D eigenvalue weighted by Crippen LogP contribution is 2.32. The van der Waals surface area contributed by atoms with Crippen molar-refractivity contribution < 1.29 is 14.3 Å². The zero-order valence-corrected chi connectivity index (χ0v) is 8.91. The Hall–Kier alpha value is -0.0551. The first kappa shape index (κ1) is 11.0. The van der Waals surface area contributed by atoms with E-state index in [1.807, 2.05) is 0 Å². The lowest BCUT2D eigenvalue weighted by molar-refractivity contribution is -0.0705. The predicted molar refractivity (Wildman–Crippen MR) is 52.0 cm³/mol. The molecule has 0 aromatic carbocycles. The van der Waals surface area contributed by atoms with Gasteiger partial charge in [0.05, 0.1) is 6.10 Å². The van der Waals surface area contributed by atoms with Crippen molar-refractivity contribution in [2.24, 2.45) is 11.3 Å².